The van der Waals surface area contributed by atoms with Crippen LogP contribution >= 0.6 is 0 Å². The van der Waals surface area contributed by atoms with E-state index in [9.17, 15) is 13.9 Å². The Morgan fingerprint density at radius 2 is 1.76 bits per heavy atom. The number of hydrogen-bond donors (Lipinski definition) is 1. The van der Waals surface area contributed by atoms with E-state index in [4.69, 9.17) is 9.47 Å². The molecule has 1 saturated heterocycles. The number of phenolic OH excluding ortho intramolecular Hbond substituents is 1. The lowest BCUT2D eigenvalue weighted by Crippen LogP contribution is -2.49. The maximum Gasteiger partial charge on any atom is 0.169 e. The van der Waals surface area contributed by atoms with Crippen molar-refractivity contribution in [2.45, 2.75) is 13.0 Å². The first-order valence-corrected chi connectivity index (χ1v) is 11.5. The summed E-state index contributed by atoms with van der Waals surface area (Å²) in [7, 11) is 0. The van der Waals surface area contributed by atoms with Gasteiger partial charge in [0.15, 0.2) is 11.5 Å². The monoisotopic (exact) mass is 463 g/mol. The van der Waals surface area contributed by atoms with Crippen molar-refractivity contribution in [3.8, 4) is 17.2 Å². The normalized spacial score (nSPS) is 18.3. The van der Waals surface area contributed by atoms with E-state index in [1.165, 1.54) is 12.1 Å². The second kappa shape index (κ2) is 9.47. The van der Waals surface area contributed by atoms with Crippen LogP contribution in [0.2, 0.25) is 0 Å². The van der Waals surface area contributed by atoms with Gasteiger partial charge < -0.3 is 14.6 Å². The van der Waals surface area contributed by atoms with Crippen LogP contribution < -0.4 is 9.47 Å². The van der Waals surface area contributed by atoms with Gasteiger partial charge in [-0.3, -0.25) is 9.29 Å². The predicted octanol–water partition coefficient (Wildman–Crippen LogP) is 5.88. The van der Waals surface area contributed by atoms with Gasteiger partial charge >= 0.3 is 0 Å². The molecular formula is C28H27F2NO3. The van der Waals surface area contributed by atoms with Crippen LogP contribution in [0.3, 0.4) is 0 Å². The third-order valence-corrected chi connectivity index (χ3v) is 6.57. The highest BCUT2D eigenvalue weighted by Crippen LogP contribution is 2.49. The molecule has 0 aromatic heterocycles. The molecular weight excluding hydrogens is 436 g/mol. The molecule has 1 fully saturated rings. The molecule has 3 aromatic carbocycles. The number of ether oxygens (including phenoxy) is 2. The number of benzene rings is 3. The van der Waals surface area contributed by atoms with Crippen molar-refractivity contribution in [3.05, 3.63) is 89.2 Å². The number of aromatic hydroxyl groups is 1. The van der Waals surface area contributed by atoms with Crippen molar-refractivity contribution in [2.75, 3.05) is 32.9 Å². The molecule has 1 unspecified atom stereocenters. The molecule has 0 saturated carbocycles. The Bertz CT molecular complexity index is 1190. The average Bonchev–Trinajstić information content (AvgIpc) is 2.82. The molecule has 1 N–H and O–H groups in total. The van der Waals surface area contributed by atoms with E-state index in [0.717, 1.165) is 53.2 Å². The van der Waals surface area contributed by atoms with Gasteiger partial charge in [0.2, 0.25) is 0 Å². The minimum Gasteiger partial charge on any atom is -0.504 e. The summed E-state index contributed by atoms with van der Waals surface area (Å²) in [5.74, 6) is 1.15. The van der Waals surface area contributed by atoms with Crippen LogP contribution in [0, 0.1) is 11.7 Å². The number of hydrogen-bond acceptors (Lipinski definition) is 4. The third kappa shape index (κ3) is 4.38. The molecule has 176 valence electrons. The van der Waals surface area contributed by atoms with Crippen LogP contribution in [0.25, 0.3) is 11.1 Å². The number of phenols is 1. The summed E-state index contributed by atoms with van der Waals surface area (Å²) >= 11 is 0. The zero-order valence-corrected chi connectivity index (χ0v) is 19.0. The fraction of sp³-hybridized carbons (Fsp3) is 0.286. The van der Waals surface area contributed by atoms with E-state index in [-0.39, 0.29) is 24.2 Å². The number of fused-ring (bicyclic) bond motifs is 1. The Labute approximate surface area is 198 Å². The Morgan fingerprint density at radius 3 is 2.47 bits per heavy atom. The van der Waals surface area contributed by atoms with Crippen molar-refractivity contribution in [1.29, 1.82) is 0 Å². The fourth-order valence-electron chi connectivity index (χ4n) is 4.68. The topological polar surface area (TPSA) is 41.9 Å². The van der Waals surface area contributed by atoms with Gasteiger partial charge in [-0.15, -0.1) is 0 Å². The molecule has 2 heterocycles. The fourth-order valence-corrected chi connectivity index (χ4v) is 4.68. The third-order valence-electron chi connectivity index (χ3n) is 6.57. The van der Waals surface area contributed by atoms with E-state index < -0.39 is 6.10 Å². The van der Waals surface area contributed by atoms with Gasteiger partial charge in [0.25, 0.3) is 0 Å². The van der Waals surface area contributed by atoms with Crippen molar-refractivity contribution in [1.82, 2.24) is 4.90 Å². The first-order chi connectivity index (χ1) is 16.5. The second-order valence-electron chi connectivity index (χ2n) is 8.89. The van der Waals surface area contributed by atoms with E-state index >= 15 is 0 Å². The molecule has 4 nitrogen and oxygen atoms in total. The molecule has 3 aromatic rings. The maximum atomic E-state index is 13.6. The standard InChI is InChI=1S/C28H27F2NO3/c1-18-24-3-2-4-25(32)28(24)34-27(26(18)20-5-9-22(30)10-6-20)21-7-11-23(12-8-21)33-14-13-31-16-19(15-29)17-31/h2-12,19,27,32H,13-17H2,1H3. The number of halogens is 2. The van der Waals surface area contributed by atoms with Crippen molar-refractivity contribution in [3.63, 3.8) is 0 Å². The molecule has 0 spiro atoms. The molecule has 0 bridgehead atoms. The Hall–Kier alpha value is -3.38. The van der Waals surface area contributed by atoms with Gasteiger partial charge in [-0.25, -0.2) is 4.39 Å². The minimum atomic E-state index is -0.473. The second-order valence-corrected chi connectivity index (χ2v) is 8.89. The summed E-state index contributed by atoms with van der Waals surface area (Å²) < 4.78 is 38.4. The van der Waals surface area contributed by atoms with E-state index in [1.807, 2.05) is 37.3 Å². The highest BCUT2D eigenvalue weighted by molar-refractivity contribution is 5.96. The zero-order valence-electron chi connectivity index (χ0n) is 19.0. The summed E-state index contributed by atoms with van der Waals surface area (Å²) in [4.78, 5) is 2.18. The number of allylic oxidation sites excluding steroid dienone is 1. The van der Waals surface area contributed by atoms with Gasteiger partial charge in [-0.1, -0.05) is 36.4 Å². The molecule has 2 aliphatic rings. The van der Waals surface area contributed by atoms with Crippen LogP contribution in [0.4, 0.5) is 8.78 Å². The first-order valence-electron chi connectivity index (χ1n) is 11.5. The number of likely N-dealkylation sites (tertiary alicyclic amines) is 1. The number of rotatable bonds is 7. The quantitative estimate of drug-likeness (QED) is 0.476. The predicted molar refractivity (Wildman–Crippen MR) is 128 cm³/mol. The summed E-state index contributed by atoms with van der Waals surface area (Å²) in [6.07, 6.45) is -0.473. The van der Waals surface area contributed by atoms with Crippen LogP contribution in [0.5, 0.6) is 17.2 Å². The van der Waals surface area contributed by atoms with Crippen LogP contribution in [0.15, 0.2) is 66.7 Å². The zero-order chi connectivity index (χ0) is 23.7. The Kier molecular flexibility index (Phi) is 6.24. The molecule has 1 atom stereocenters. The number of alkyl halides is 1. The molecule has 5 rings (SSSR count). The van der Waals surface area contributed by atoms with Gasteiger partial charge in [0.1, 0.15) is 24.3 Å². The molecule has 0 radical (unpaired) electrons. The van der Waals surface area contributed by atoms with Gasteiger partial charge in [0, 0.05) is 36.7 Å². The van der Waals surface area contributed by atoms with Crippen molar-refractivity contribution in [2.24, 2.45) is 5.92 Å². The summed E-state index contributed by atoms with van der Waals surface area (Å²) in [5, 5.41) is 10.4. The Balaban J connectivity index is 1.38. The van der Waals surface area contributed by atoms with E-state index in [1.54, 1.807) is 24.3 Å². The maximum absolute atomic E-state index is 13.6. The lowest BCUT2D eigenvalue weighted by atomic mass is 9.86. The van der Waals surface area contributed by atoms with Crippen LogP contribution in [-0.2, 0) is 0 Å². The van der Waals surface area contributed by atoms with Gasteiger partial charge in [-0.2, -0.15) is 0 Å². The SMILES string of the molecule is CC1=C(c2ccc(F)cc2)C(c2ccc(OCCN3CC(CF)C3)cc2)Oc2c(O)cccc21. The lowest BCUT2D eigenvalue weighted by Gasteiger charge is -2.37. The van der Waals surface area contributed by atoms with E-state index in [0.29, 0.717) is 12.4 Å². The van der Waals surface area contributed by atoms with Crippen LogP contribution in [-0.4, -0.2) is 42.9 Å². The molecule has 0 aliphatic carbocycles. The molecule has 34 heavy (non-hydrogen) atoms. The van der Waals surface area contributed by atoms with Crippen molar-refractivity contribution >= 4 is 11.1 Å². The minimum absolute atomic E-state index is 0.0842. The largest absolute Gasteiger partial charge is 0.504 e. The molecule has 2 aliphatic heterocycles. The van der Waals surface area contributed by atoms with Crippen molar-refractivity contribution < 1.29 is 23.4 Å². The molecule has 6 heteroatoms. The van der Waals surface area contributed by atoms with Gasteiger partial charge in [0.05, 0.1) is 6.67 Å². The highest BCUT2D eigenvalue weighted by Gasteiger charge is 2.31. The summed E-state index contributed by atoms with van der Waals surface area (Å²) in [6.45, 7) is 4.65. The molecule has 0 amide bonds. The lowest BCUT2D eigenvalue weighted by molar-refractivity contribution is 0.0668. The Morgan fingerprint density at radius 1 is 1.03 bits per heavy atom. The van der Waals surface area contributed by atoms with E-state index in [2.05, 4.69) is 4.90 Å². The first kappa shape index (κ1) is 22.4. The highest BCUT2D eigenvalue weighted by atomic mass is 19.1. The number of para-hydroxylation sites is 1. The van der Waals surface area contributed by atoms with Gasteiger partial charge in [-0.05, 0) is 54.0 Å². The average molecular weight is 464 g/mol. The smallest absolute Gasteiger partial charge is 0.169 e. The number of nitrogens with zero attached hydrogens (tertiary/aromatic N) is 1. The summed E-state index contributed by atoms with van der Waals surface area (Å²) in [5.41, 5.74) is 4.46. The summed E-state index contributed by atoms with van der Waals surface area (Å²) in [6, 6.07) is 19.4. The van der Waals surface area contributed by atoms with Crippen LogP contribution in [0.1, 0.15) is 29.7 Å².